The molecular formula is C14H21F3N4OS. The number of thiazole rings is 1. The van der Waals surface area contributed by atoms with Crippen molar-refractivity contribution in [3.05, 3.63) is 16.1 Å². The summed E-state index contributed by atoms with van der Waals surface area (Å²) in [7, 11) is 1.92. The number of halogens is 3. The summed E-state index contributed by atoms with van der Waals surface area (Å²) < 4.78 is 43.0. The van der Waals surface area contributed by atoms with Gasteiger partial charge in [-0.3, -0.25) is 0 Å². The van der Waals surface area contributed by atoms with Gasteiger partial charge in [0.15, 0.2) is 11.7 Å². The van der Waals surface area contributed by atoms with Crippen LogP contribution in [0, 0.1) is 5.92 Å². The lowest BCUT2D eigenvalue weighted by molar-refractivity contribution is -0.140. The van der Waals surface area contributed by atoms with Crippen molar-refractivity contribution < 1.29 is 17.9 Å². The minimum atomic E-state index is -4.40. The first-order valence-electron chi connectivity index (χ1n) is 7.49. The minimum absolute atomic E-state index is 0.134. The number of aromatic nitrogens is 1. The van der Waals surface area contributed by atoms with E-state index in [2.05, 4.69) is 15.3 Å². The van der Waals surface area contributed by atoms with Gasteiger partial charge in [0.1, 0.15) is 5.01 Å². The molecule has 0 aromatic carbocycles. The predicted octanol–water partition coefficient (Wildman–Crippen LogP) is 2.60. The summed E-state index contributed by atoms with van der Waals surface area (Å²) in [6.07, 6.45) is -3.38. The fourth-order valence-corrected chi connectivity index (χ4v) is 3.05. The molecule has 0 aliphatic carbocycles. The molecule has 1 unspecified atom stereocenters. The molecule has 1 aromatic heterocycles. The summed E-state index contributed by atoms with van der Waals surface area (Å²) >= 11 is 0.977. The minimum Gasteiger partial charge on any atom is -0.381 e. The molecule has 0 bridgehead atoms. The molecule has 0 spiro atoms. The van der Waals surface area contributed by atoms with E-state index in [4.69, 9.17) is 4.74 Å². The Morgan fingerprint density at radius 2 is 2.35 bits per heavy atom. The number of alkyl halides is 3. The Hall–Kier alpha value is -1.35. The first-order valence-corrected chi connectivity index (χ1v) is 8.37. The topological polar surface area (TPSA) is 49.8 Å². The molecule has 1 N–H and O–H groups in total. The molecule has 1 aromatic rings. The Kier molecular flexibility index (Phi) is 6.23. The maximum absolute atomic E-state index is 12.6. The van der Waals surface area contributed by atoms with Crippen LogP contribution < -0.4 is 5.32 Å². The summed E-state index contributed by atoms with van der Waals surface area (Å²) in [5.74, 6) is 1.13. The van der Waals surface area contributed by atoms with Crippen LogP contribution in [0.3, 0.4) is 0 Å². The highest BCUT2D eigenvalue weighted by Gasteiger charge is 2.33. The van der Waals surface area contributed by atoms with E-state index in [1.54, 1.807) is 0 Å². The van der Waals surface area contributed by atoms with Gasteiger partial charge < -0.3 is 15.0 Å². The van der Waals surface area contributed by atoms with Crippen molar-refractivity contribution in [2.24, 2.45) is 10.9 Å². The molecule has 9 heteroatoms. The van der Waals surface area contributed by atoms with Crippen LogP contribution in [-0.4, -0.2) is 49.2 Å². The summed E-state index contributed by atoms with van der Waals surface area (Å²) in [6, 6.07) is 0. The molecular weight excluding hydrogens is 329 g/mol. The van der Waals surface area contributed by atoms with Gasteiger partial charge in [-0.2, -0.15) is 13.2 Å². The van der Waals surface area contributed by atoms with E-state index >= 15 is 0 Å². The van der Waals surface area contributed by atoms with Gasteiger partial charge in [-0.05, 0) is 13.3 Å². The third-order valence-corrected chi connectivity index (χ3v) is 4.29. The van der Waals surface area contributed by atoms with Crippen LogP contribution in [0.4, 0.5) is 13.2 Å². The molecule has 5 nitrogen and oxygen atoms in total. The highest BCUT2D eigenvalue weighted by molar-refractivity contribution is 7.09. The number of ether oxygens (including phenoxy) is 1. The number of hydrogen-bond acceptors (Lipinski definition) is 4. The van der Waals surface area contributed by atoms with E-state index in [-0.39, 0.29) is 6.54 Å². The lowest BCUT2D eigenvalue weighted by Gasteiger charge is -2.24. The van der Waals surface area contributed by atoms with E-state index in [0.29, 0.717) is 23.4 Å². The van der Waals surface area contributed by atoms with Gasteiger partial charge >= 0.3 is 6.18 Å². The first kappa shape index (κ1) is 18.0. The van der Waals surface area contributed by atoms with Gasteiger partial charge in [-0.15, -0.1) is 11.3 Å². The van der Waals surface area contributed by atoms with Crippen LogP contribution in [0.1, 0.15) is 24.0 Å². The second kappa shape index (κ2) is 7.96. The molecule has 130 valence electrons. The summed E-state index contributed by atoms with van der Waals surface area (Å²) in [5, 5.41) is 4.53. The summed E-state index contributed by atoms with van der Waals surface area (Å²) in [6.45, 7) is 5.10. The number of guanidine groups is 1. The van der Waals surface area contributed by atoms with Crippen molar-refractivity contribution in [1.29, 1.82) is 0 Å². The lowest BCUT2D eigenvalue weighted by atomic mass is 10.1. The molecule has 2 heterocycles. The third-order valence-electron chi connectivity index (χ3n) is 3.46. The van der Waals surface area contributed by atoms with E-state index in [1.807, 2.05) is 18.9 Å². The summed E-state index contributed by atoms with van der Waals surface area (Å²) in [5.41, 5.74) is -0.853. The standard InChI is InChI=1S/C14H21F3N4OS/c1-3-18-13(21(2)7-10-4-5-22-8-10)19-6-12-20-11(9-23-12)14(15,16)17/h9-10H,3-8H2,1-2H3,(H,18,19). The molecule has 0 radical (unpaired) electrons. The molecule has 0 amide bonds. The molecule has 0 saturated carbocycles. The average Bonchev–Trinajstić information content (AvgIpc) is 3.13. The van der Waals surface area contributed by atoms with Crippen LogP contribution in [-0.2, 0) is 17.5 Å². The first-order chi connectivity index (χ1) is 10.9. The Morgan fingerprint density at radius 1 is 1.57 bits per heavy atom. The second-order valence-electron chi connectivity index (χ2n) is 5.40. The van der Waals surface area contributed by atoms with Gasteiger partial charge in [-0.25, -0.2) is 9.98 Å². The van der Waals surface area contributed by atoms with Crippen LogP contribution in [0.25, 0.3) is 0 Å². The molecule has 1 saturated heterocycles. The average molecular weight is 350 g/mol. The zero-order chi connectivity index (χ0) is 16.9. The number of nitrogens with one attached hydrogen (secondary N) is 1. The Morgan fingerprint density at radius 3 is 2.91 bits per heavy atom. The SMILES string of the molecule is CCNC(=NCc1nc(C(F)(F)F)cs1)N(C)CC1CCOC1. The highest BCUT2D eigenvalue weighted by atomic mass is 32.1. The smallest absolute Gasteiger partial charge is 0.381 e. The van der Waals surface area contributed by atoms with Gasteiger partial charge in [0.05, 0.1) is 13.2 Å². The number of rotatable bonds is 5. The van der Waals surface area contributed by atoms with Crippen molar-refractivity contribution in [2.45, 2.75) is 26.1 Å². The van der Waals surface area contributed by atoms with E-state index in [0.717, 1.165) is 42.9 Å². The van der Waals surface area contributed by atoms with Crippen molar-refractivity contribution in [3.8, 4) is 0 Å². The van der Waals surface area contributed by atoms with Crippen molar-refractivity contribution in [1.82, 2.24) is 15.2 Å². The largest absolute Gasteiger partial charge is 0.434 e. The zero-order valence-electron chi connectivity index (χ0n) is 13.2. The Bertz CT molecular complexity index is 526. The number of aliphatic imine (C=N–C) groups is 1. The normalized spacial score (nSPS) is 19.2. The third kappa shape index (κ3) is 5.35. The number of nitrogens with zero attached hydrogens (tertiary/aromatic N) is 3. The number of hydrogen-bond donors (Lipinski definition) is 1. The van der Waals surface area contributed by atoms with Crippen molar-refractivity contribution in [2.75, 3.05) is 33.4 Å². The second-order valence-corrected chi connectivity index (χ2v) is 6.35. The van der Waals surface area contributed by atoms with Gasteiger partial charge in [-0.1, -0.05) is 0 Å². The zero-order valence-corrected chi connectivity index (χ0v) is 14.0. The van der Waals surface area contributed by atoms with Crippen LogP contribution in [0.5, 0.6) is 0 Å². The van der Waals surface area contributed by atoms with E-state index < -0.39 is 11.9 Å². The summed E-state index contributed by atoms with van der Waals surface area (Å²) in [4.78, 5) is 9.98. The maximum Gasteiger partial charge on any atom is 0.434 e. The van der Waals surface area contributed by atoms with Gasteiger partial charge in [0.25, 0.3) is 0 Å². The van der Waals surface area contributed by atoms with Gasteiger partial charge in [0, 0.05) is 38.0 Å². The quantitative estimate of drug-likeness (QED) is 0.655. The molecule has 2 rings (SSSR count). The molecule has 1 atom stereocenters. The molecule has 1 aliphatic heterocycles. The van der Waals surface area contributed by atoms with E-state index in [9.17, 15) is 13.2 Å². The van der Waals surface area contributed by atoms with Crippen LogP contribution in [0.2, 0.25) is 0 Å². The van der Waals surface area contributed by atoms with E-state index in [1.165, 1.54) is 0 Å². The van der Waals surface area contributed by atoms with Crippen molar-refractivity contribution in [3.63, 3.8) is 0 Å². The fourth-order valence-electron chi connectivity index (χ4n) is 2.33. The Labute approximate surface area is 137 Å². The maximum atomic E-state index is 12.6. The fraction of sp³-hybridized carbons (Fsp3) is 0.714. The molecule has 23 heavy (non-hydrogen) atoms. The monoisotopic (exact) mass is 350 g/mol. The molecule has 1 aliphatic rings. The predicted molar refractivity (Wildman–Crippen MR) is 83.5 cm³/mol. The lowest BCUT2D eigenvalue weighted by Crippen LogP contribution is -2.41. The Balaban J connectivity index is 1.98. The van der Waals surface area contributed by atoms with Crippen LogP contribution >= 0.6 is 11.3 Å². The van der Waals surface area contributed by atoms with Crippen molar-refractivity contribution >= 4 is 17.3 Å². The molecule has 1 fully saturated rings. The van der Waals surface area contributed by atoms with Crippen LogP contribution in [0.15, 0.2) is 10.4 Å². The van der Waals surface area contributed by atoms with Gasteiger partial charge in [0.2, 0.25) is 0 Å². The highest BCUT2D eigenvalue weighted by Crippen LogP contribution is 2.30.